The molecule has 9 N–H and O–H groups in total. The van der Waals surface area contributed by atoms with E-state index in [1.54, 1.807) is 38.1 Å². The van der Waals surface area contributed by atoms with Gasteiger partial charge in [-0.3, -0.25) is 19.2 Å². The average Bonchev–Trinajstić information content (AvgIpc) is 3.01. The molecular formula is C34H52N7O6. The lowest BCUT2D eigenvalue weighted by Gasteiger charge is -2.26. The second kappa shape index (κ2) is 21.6. The maximum absolute atomic E-state index is 13.3. The molecule has 1 aromatic rings. The molecule has 1 radical (unpaired) electrons. The van der Waals surface area contributed by atoms with Crippen molar-refractivity contribution in [2.24, 2.45) is 17.4 Å². The fourth-order valence-corrected chi connectivity index (χ4v) is 4.84. The van der Waals surface area contributed by atoms with Crippen LogP contribution in [0.2, 0.25) is 0 Å². The summed E-state index contributed by atoms with van der Waals surface area (Å²) in [6.45, 7) is 7.97. The van der Waals surface area contributed by atoms with E-state index in [0.29, 0.717) is 37.9 Å². The van der Waals surface area contributed by atoms with Crippen molar-refractivity contribution in [2.45, 2.75) is 102 Å². The molecule has 0 saturated heterocycles. The number of amides is 6. The van der Waals surface area contributed by atoms with E-state index in [9.17, 15) is 24.0 Å². The third-order valence-corrected chi connectivity index (χ3v) is 7.62. The van der Waals surface area contributed by atoms with Crippen LogP contribution in [0, 0.1) is 24.7 Å². The predicted molar refractivity (Wildman–Crippen MR) is 180 cm³/mol. The summed E-state index contributed by atoms with van der Waals surface area (Å²) >= 11 is 0. The summed E-state index contributed by atoms with van der Waals surface area (Å²) in [6.07, 6.45) is 6.88. The van der Waals surface area contributed by atoms with Gasteiger partial charge in [-0.05, 0) is 81.9 Å². The Kier molecular flexibility index (Phi) is 17.9. The highest BCUT2D eigenvalue weighted by molar-refractivity contribution is 5.98. The highest BCUT2D eigenvalue weighted by atomic mass is 16.5. The van der Waals surface area contributed by atoms with Gasteiger partial charge in [0.05, 0.1) is 6.04 Å². The Hall–Kier alpha value is -4.15. The molecule has 0 aromatic heterocycles. The second-order valence-electron chi connectivity index (χ2n) is 12.1. The average molecular weight is 655 g/mol. The van der Waals surface area contributed by atoms with Crippen LogP contribution in [0.5, 0.6) is 0 Å². The molecule has 13 nitrogen and oxygen atoms in total. The molecule has 2 rings (SSSR count). The molecule has 0 aliphatic heterocycles. The minimum absolute atomic E-state index is 0.0453. The number of carbonyl (C=O) groups is 5. The number of hydrogen-bond acceptors (Lipinski definition) is 7. The summed E-state index contributed by atoms with van der Waals surface area (Å²) in [5.41, 5.74) is 12.6. The van der Waals surface area contributed by atoms with E-state index >= 15 is 0 Å². The Labute approximate surface area is 278 Å². The fourth-order valence-electron chi connectivity index (χ4n) is 4.84. The minimum atomic E-state index is -0.950. The number of anilines is 1. The summed E-state index contributed by atoms with van der Waals surface area (Å²) in [7, 11) is 0. The molecule has 13 heteroatoms. The summed E-state index contributed by atoms with van der Waals surface area (Å²) < 4.78 is 5.65. The van der Waals surface area contributed by atoms with Crippen LogP contribution in [-0.2, 0) is 23.9 Å². The largest absolute Gasteiger partial charge is 0.356 e. The normalized spacial score (nSPS) is 16.2. The van der Waals surface area contributed by atoms with Crippen LogP contribution in [0.25, 0.3) is 0 Å². The molecule has 1 aromatic carbocycles. The SMILES string of the molecule is [CH2]c1ccc(NC(=O)[C@H](CCCNC(N)=O)NC(=O)[C@@H](NC(=O)[C@H](N)CCCCNC(=O)COC2C#CCCCCC2)C(C)C)cc1. The number of ether oxygens (including phenoxy) is 1. The third-order valence-electron chi connectivity index (χ3n) is 7.62. The molecule has 4 atom stereocenters. The van der Waals surface area contributed by atoms with Gasteiger partial charge in [0.25, 0.3) is 0 Å². The molecule has 0 fully saturated rings. The Bertz CT molecular complexity index is 1230. The Morgan fingerprint density at radius 2 is 1.64 bits per heavy atom. The van der Waals surface area contributed by atoms with Crippen molar-refractivity contribution in [3.8, 4) is 11.8 Å². The summed E-state index contributed by atoms with van der Waals surface area (Å²) in [5, 5.41) is 13.5. The first kappa shape index (κ1) is 39.0. The number of rotatable bonds is 19. The highest BCUT2D eigenvalue weighted by Crippen LogP contribution is 2.12. The number of nitrogens with two attached hydrogens (primary N) is 2. The van der Waals surface area contributed by atoms with E-state index in [1.165, 1.54) is 0 Å². The quantitative estimate of drug-likeness (QED) is 0.0869. The standard InChI is InChI=1S/C34H52N7O6/c1-23(2)30(33(45)40-28(15-11-21-38-34(36)46)32(44)39-25-18-16-24(3)17-19-25)41-31(43)27(35)14-9-10-20-37-29(42)22-47-26-12-7-5-4-6-8-13-26/h16-19,23,26-28,30H,3-7,9-12,14-15,20-22,35H2,1-2H3,(H,37,42)(H,39,44)(H,40,45)(H,41,43)(H3,36,38,46)/t26?,27-,28+,30+/m1/s1. The number of primary amides is 1. The van der Waals surface area contributed by atoms with Crippen molar-refractivity contribution in [3.05, 3.63) is 36.8 Å². The maximum atomic E-state index is 13.3. The number of nitrogens with one attached hydrogen (secondary N) is 5. The number of hydrogen-bond donors (Lipinski definition) is 7. The van der Waals surface area contributed by atoms with E-state index in [0.717, 1.165) is 37.7 Å². The van der Waals surface area contributed by atoms with E-state index < -0.39 is 41.9 Å². The van der Waals surface area contributed by atoms with Crippen LogP contribution in [0.15, 0.2) is 24.3 Å². The lowest BCUT2D eigenvalue weighted by atomic mass is 10.0. The topological polar surface area (TPSA) is 207 Å². The van der Waals surface area contributed by atoms with Crippen molar-refractivity contribution in [3.63, 3.8) is 0 Å². The lowest BCUT2D eigenvalue weighted by Crippen LogP contribution is -2.56. The van der Waals surface area contributed by atoms with Crippen molar-refractivity contribution < 1.29 is 28.7 Å². The third kappa shape index (κ3) is 16.3. The van der Waals surface area contributed by atoms with Gasteiger partial charge in [0.2, 0.25) is 23.6 Å². The lowest BCUT2D eigenvalue weighted by molar-refractivity contribution is -0.132. The minimum Gasteiger partial charge on any atom is -0.356 e. The molecule has 259 valence electrons. The van der Waals surface area contributed by atoms with Crippen molar-refractivity contribution in [1.82, 2.24) is 21.3 Å². The Balaban J connectivity index is 1.82. The molecule has 1 aliphatic rings. The first-order valence-electron chi connectivity index (χ1n) is 16.5. The zero-order chi connectivity index (χ0) is 34.6. The summed E-state index contributed by atoms with van der Waals surface area (Å²) in [5.74, 6) is 4.18. The van der Waals surface area contributed by atoms with Gasteiger partial charge < -0.3 is 42.8 Å². The number of unbranched alkanes of at least 4 members (excludes halogenated alkanes) is 1. The molecule has 1 unspecified atom stereocenters. The van der Waals surface area contributed by atoms with Gasteiger partial charge in [0, 0.05) is 25.2 Å². The molecule has 47 heavy (non-hydrogen) atoms. The zero-order valence-electron chi connectivity index (χ0n) is 27.7. The number of urea groups is 1. The summed E-state index contributed by atoms with van der Waals surface area (Å²) in [6, 6.07) is 3.44. The van der Waals surface area contributed by atoms with Gasteiger partial charge in [0.15, 0.2) is 0 Å². The van der Waals surface area contributed by atoms with Crippen LogP contribution in [0.4, 0.5) is 10.5 Å². The van der Waals surface area contributed by atoms with E-state index in [-0.39, 0.29) is 37.5 Å². The molecule has 0 heterocycles. The smallest absolute Gasteiger partial charge is 0.312 e. The van der Waals surface area contributed by atoms with Crippen LogP contribution in [0.1, 0.15) is 83.6 Å². The van der Waals surface area contributed by atoms with Crippen LogP contribution in [-0.4, -0.2) is 73.6 Å². The van der Waals surface area contributed by atoms with Gasteiger partial charge in [-0.2, -0.15) is 0 Å². The Morgan fingerprint density at radius 1 is 0.915 bits per heavy atom. The second-order valence-corrected chi connectivity index (χ2v) is 12.1. The van der Waals surface area contributed by atoms with Crippen LogP contribution >= 0.6 is 0 Å². The number of carbonyl (C=O) groups excluding carboxylic acids is 5. The molecule has 0 spiro atoms. The van der Waals surface area contributed by atoms with E-state index in [1.807, 2.05) is 0 Å². The van der Waals surface area contributed by atoms with Crippen molar-refractivity contribution in [2.75, 3.05) is 25.0 Å². The van der Waals surface area contributed by atoms with Crippen molar-refractivity contribution >= 4 is 35.3 Å². The highest BCUT2D eigenvalue weighted by Gasteiger charge is 2.30. The zero-order valence-corrected chi connectivity index (χ0v) is 27.7. The van der Waals surface area contributed by atoms with Crippen LogP contribution < -0.4 is 38.1 Å². The van der Waals surface area contributed by atoms with Gasteiger partial charge in [-0.15, -0.1) is 5.92 Å². The first-order valence-corrected chi connectivity index (χ1v) is 16.5. The fraction of sp³-hybridized carbons (Fsp3) is 0.588. The van der Waals surface area contributed by atoms with Gasteiger partial charge in [-0.1, -0.05) is 38.3 Å². The van der Waals surface area contributed by atoms with E-state index in [4.69, 9.17) is 16.2 Å². The van der Waals surface area contributed by atoms with Gasteiger partial charge >= 0.3 is 6.03 Å². The molecule has 0 saturated carbocycles. The first-order chi connectivity index (χ1) is 22.5. The molecule has 1 aliphatic carbocycles. The van der Waals surface area contributed by atoms with Crippen LogP contribution in [0.3, 0.4) is 0 Å². The van der Waals surface area contributed by atoms with Gasteiger partial charge in [0.1, 0.15) is 24.8 Å². The molecular weight excluding hydrogens is 602 g/mol. The molecule has 6 amide bonds. The van der Waals surface area contributed by atoms with Crippen molar-refractivity contribution in [1.29, 1.82) is 0 Å². The maximum Gasteiger partial charge on any atom is 0.312 e. The number of benzene rings is 1. The Morgan fingerprint density at radius 3 is 2.34 bits per heavy atom. The summed E-state index contributed by atoms with van der Waals surface area (Å²) in [4.78, 5) is 62.6. The van der Waals surface area contributed by atoms with E-state index in [2.05, 4.69) is 45.3 Å². The molecule has 0 bridgehead atoms. The predicted octanol–water partition coefficient (Wildman–Crippen LogP) is 1.85. The monoisotopic (exact) mass is 654 g/mol. The van der Waals surface area contributed by atoms with Gasteiger partial charge in [-0.25, -0.2) is 4.79 Å².